The molecular weight excluding hydrogens is 382 g/mol. The first-order valence-corrected chi connectivity index (χ1v) is 9.99. The number of nitrogens with zero attached hydrogens (tertiary/aromatic N) is 1. The van der Waals surface area contributed by atoms with Crippen molar-refractivity contribution in [3.63, 3.8) is 0 Å². The second-order valence-electron chi connectivity index (χ2n) is 5.35. The van der Waals surface area contributed by atoms with Crippen molar-refractivity contribution in [1.82, 2.24) is 10.0 Å². The van der Waals surface area contributed by atoms with E-state index < -0.39 is 22.0 Å². The van der Waals surface area contributed by atoms with Crippen LogP contribution in [0, 0.1) is 11.3 Å². The Balaban J connectivity index is 2.02. The maximum atomic E-state index is 12.3. The van der Waals surface area contributed by atoms with Crippen molar-refractivity contribution in [1.29, 1.82) is 5.26 Å². The minimum absolute atomic E-state index is 0.00997. The molecule has 132 valence electrons. The molecule has 1 amide bonds. The van der Waals surface area contributed by atoms with Crippen molar-refractivity contribution in [3.8, 4) is 6.07 Å². The number of hydrogen-bond acceptors (Lipinski definition) is 5. The first-order chi connectivity index (χ1) is 11.7. The van der Waals surface area contributed by atoms with E-state index in [1.807, 2.05) is 12.1 Å². The van der Waals surface area contributed by atoms with Gasteiger partial charge in [0.25, 0.3) is 0 Å². The first-order valence-electron chi connectivity index (χ1n) is 7.31. The molecule has 0 fully saturated rings. The standard InChI is InChI=1S/C16H16ClN3O3S2/c1-10(14-7-8-15(17)24-14)19-16(21)11(2)20-25(22,23)13-5-3-12(9-18)4-6-13/h3-8,10-11,20H,1-2H3,(H,19,21)/t10-,11-/m0/s1. The van der Waals surface area contributed by atoms with Gasteiger partial charge in [0.1, 0.15) is 0 Å². The number of halogens is 1. The van der Waals surface area contributed by atoms with Gasteiger partial charge in [-0.05, 0) is 50.2 Å². The molecule has 25 heavy (non-hydrogen) atoms. The average Bonchev–Trinajstić information content (AvgIpc) is 3.01. The Kier molecular flexibility index (Phi) is 6.19. The molecule has 0 radical (unpaired) electrons. The Labute approximate surface area is 155 Å². The molecule has 0 aliphatic rings. The summed E-state index contributed by atoms with van der Waals surface area (Å²) < 4.78 is 27.6. The average molecular weight is 398 g/mol. The van der Waals surface area contributed by atoms with Crippen LogP contribution in [0.15, 0.2) is 41.3 Å². The van der Waals surface area contributed by atoms with Crippen LogP contribution >= 0.6 is 22.9 Å². The van der Waals surface area contributed by atoms with E-state index in [1.165, 1.54) is 42.5 Å². The maximum Gasteiger partial charge on any atom is 0.241 e. The Morgan fingerprint density at radius 1 is 1.20 bits per heavy atom. The molecule has 0 aliphatic carbocycles. The van der Waals surface area contributed by atoms with Crippen LogP contribution in [-0.2, 0) is 14.8 Å². The topological polar surface area (TPSA) is 99.1 Å². The van der Waals surface area contributed by atoms with Gasteiger partial charge in [-0.3, -0.25) is 4.79 Å². The lowest BCUT2D eigenvalue weighted by Gasteiger charge is -2.18. The molecule has 2 N–H and O–H groups in total. The molecule has 2 aromatic rings. The van der Waals surface area contributed by atoms with Crippen LogP contribution in [0.4, 0.5) is 0 Å². The van der Waals surface area contributed by atoms with Gasteiger partial charge in [-0.25, -0.2) is 8.42 Å². The van der Waals surface area contributed by atoms with Crippen LogP contribution in [0.1, 0.15) is 30.3 Å². The van der Waals surface area contributed by atoms with Crippen molar-refractivity contribution >= 4 is 38.9 Å². The zero-order chi connectivity index (χ0) is 18.6. The van der Waals surface area contributed by atoms with Gasteiger partial charge in [0.05, 0.1) is 32.9 Å². The fourth-order valence-electron chi connectivity index (χ4n) is 2.03. The molecule has 0 aliphatic heterocycles. The summed E-state index contributed by atoms with van der Waals surface area (Å²) in [6, 6.07) is 9.67. The lowest BCUT2D eigenvalue weighted by molar-refractivity contribution is -0.122. The van der Waals surface area contributed by atoms with E-state index in [2.05, 4.69) is 10.0 Å². The summed E-state index contributed by atoms with van der Waals surface area (Å²) in [6.07, 6.45) is 0. The molecular formula is C16H16ClN3O3S2. The second kappa shape index (κ2) is 7.97. The van der Waals surface area contributed by atoms with Gasteiger partial charge in [-0.1, -0.05) is 11.6 Å². The summed E-state index contributed by atoms with van der Waals surface area (Å²) in [5.41, 5.74) is 0.355. The largest absolute Gasteiger partial charge is 0.347 e. The number of hydrogen-bond donors (Lipinski definition) is 2. The van der Waals surface area contributed by atoms with Gasteiger partial charge in [0, 0.05) is 4.88 Å². The second-order valence-corrected chi connectivity index (χ2v) is 8.81. The zero-order valence-electron chi connectivity index (χ0n) is 13.5. The van der Waals surface area contributed by atoms with E-state index in [1.54, 1.807) is 13.0 Å². The number of carbonyl (C=O) groups excluding carboxylic acids is 1. The van der Waals surface area contributed by atoms with Crippen molar-refractivity contribution in [2.75, 3.05) is 0 Å². The number of thiophene rings is 1. The number of nitriles is 1. The number of benzene rings is 1. The van der Waals surface area contributed by atoms with Crippen molar-refractivity contribution in [3.05, 3.63) is 51.2 Å². The van der Waals surface area contributed by atoms with Crippen LogP contribution in [0.3, 0.4) is 0 Å². The van der Waals surface area contributed by atoms with E-state index in [-0.39, 0.29) is 10.9 Å². The lowest BCUT2D eigenvalue weighted by Crippen LogP contribution is -2.45. The Morgan fingerprint density at radius 3 is 2.36 bits per heavy atom. The molecule has 6 nitrogen and oxygen atoms in total. The number of carbonyl (C=O) groups is 1. The van der Waals surface area contributed by atoms with Gasteiger partial charge < -0.3 is 5.32 Å². The van der Waals surface area contributed by atoms with Gasteiger partial charge in [-0.2, -0.15) is 9.98 Å². The minimum atomic E-state index is -3.86. The van der Waals surface area contributed by atoms with Gasteiger partial charge in [0.15, 0.2) is 0 Å². The highest BCUT2D eigenvalue weighted by molar-refractivity contribution is 7.89. The highest BCUT2D eigenvalue weighted by Crippen LogP contribution is 2.26. The summed E-state index contributed by atoms with van der Waals surface area (Å²) in [6.45, 7) is 3.26. The predicted octanol–water partition coefficient (Wildman–Crippen LogP) is 2.82. The summed E-state index contributed by atoms with van der Waals surface area (Å²) in [7, 11) is -3.86. The quantitative estimate of drug-likeness (QED) is 0.782. The number of nitrogens with one attached hydrogen (secondary N) is 2. The summed E-state index contributed by atoms with van der Waals surface area (Å²) in [4.78, 5) is 13.1. The Morgan fingerprint density at radius 2 is 1.84 bits per heavy atom. The fourth-order valence-corrected chi connectivity index (χ4v) is 4.30. The smallest absolute Gasteiger partial charge is 0.241 e. The van der Waals surface area contributed by atoms with E-state index in [0.29, 0.717) is 9.90 Å². The summed E-state index contributed by atoms with van der Waals surface area (Å²) in [5.74, 6) is -0.450. The third kappa shape index (κ3) is 5.03. The highest BCUT2D eigenvalue weighted by atomic mass is 35.5. The third-order valence-electron chi connectivity index (χ3n) is 3.40. The van der Waals surface area contributed by atoms with Gasteiger partial charge >= 0.3 is 0 Å². The Hall–Kier alpha value is -1.92. The zero-order valence-corrected chi connectivity index (χ0v) is 15.9. The summed E-state index contributed by atoms with van der Waals surface area (Å²) >= 11 is 7.22. The number of sulfonamides is 1. The molecule has 1 aromatic carbocycles. The first kappa shape index (κ1) is 19.4. The SMILES string of the molecule is C[C@H](NS(=O)(=O)c1ccc(C#N)cc1)C(=O)N[C@@H](C)c1ccc(Cl)s1. The normalized spacial score (nSPS) is 13.7. The van der Waals surface area contributed by atoms with Gasteiger partial charge in [0.2, 0.25) is 15.9 Å². The molecule has 0 saturated heterocycles. The molecule has 1 aromatic heterocycles. The van der Waals surface area contributed by atoms with Crippen LogP contribution in [0.5, 0.6) is 0 Å². The predicted molar refractivity (Wildman–Crippen MR) is 96.8 cm³/mol. The van der Waals surface area contributed by atoms with E-state index in [4.69, 9.17) is 16.9 Å². The van der Waals surface area contributed by atoms with Gasteiger partial charge in [-0.15, -0.1) is 11.3 Å². The molecule has 0 spiro atoms. The molecule has 2 rings (SSSR count). The minimum Gasteiger partial charge on any atom is -0.347 e. The Bertz CT molecular complexity index is 901. The molecule has 2 atom stereocenters. The monoisotopic (exact) mass is 397 g/mol. The molecule has 0 bridgehead atoms. The lowest BCUT2D eigenvalue weighted by atomic mass is 10.2. The third-order valence-corrected chi connectivity index (χ3v) is 6.37. The van der Waals surface area contributed by atoms with E-state index >= 15 is 0 Å². The van der Waals surface area contributed by atoms with Crippen LogP contribution in [-0.4, -0.2) is 20.4 Å². The number of amides is 1. The van der Waals surface area contributed by atoms with Crippen LogP contribution in [0.25, 0.3) is 0 Å². The van der Waals surface area contributed by atoms with Crippen molar-refractivity contribution in [2.24, 2.45) is 0 Å². The fraction of sp³-hybridized carbons (Fsp3) is 0.250. The van der Waals surface area contributed by atoms with E-state index in [0.717, 1.165) is 4.88 Å². The van der Waals surface area contributed by atoms with E-state index in [9.17, 15) is 13.2 Å². The molecule has 0 unspecified atom stereocenters. The van der Waals surface area contributed by atoms with Crippen LogP contribution < -0.4 is 10.0 Å². The highest BCUT2D eigenvalue weighted by Gasteiger charge is 2.23. The van der Waals surface area contributed by atoms with Crippen molar-refractivity contribution in [2.45, 2.75) is 30.8 Å². The summed E-state index contributed by atoms with van der Waals surface area (Å²) in [5, 5.41) is 11.5. The maximum absolute atomic E-state index is 12.3. The number of rotatable bonds is 6. The molecule has 9 heteroatoms. The van der Waals surface area contributed by atoms with Crippen LogP contribution in [0.2, 0.25) is 4.34 Å². The molecule has 0 saturated carbocycles. The van der Waals surface area contributed by atoms with Crippen molar-refractivity contribution < 1.29 is 13.2 Å². The molecule has 1 heterocycles.